The summed E-state index contributed by atoms with van der Waals surface area (Å²) in [5, 5.41) is 3.63. The largest absolute Gasteiger partial charge is 0.371 e. The summed E-state index contributed by atoms with van der Waals surface area (Å²) in [6, 6.07) is 5.00. The van der Waals surface area contributed by atoms with Gasteiger partial charge in [-0.25, -0.2) is 0 Å². The first-order valence-electron chi connectivity index (χ1n) is 5.07. The van der Waals surface area contributed by atoms with Gasteiger partial charge >= 0.3 is 0 Å². The lowest BCUT2D eigenvalue weighted by molar-refractivity contribution is 0.00761. The maximum absolute atomic E-state index is 10.9. The first-order valence-corrected chi connectivity index (χ1v) is 5.45. The van der Waals surface area contributed by atoms with Crippen LogP contribution in [0.1, 0.15) is 15.9 Å². The minimum Gasteiger partial charge on any atom is -0.371 e. The van der Waals surface area contributed by atoms with Crippen LogP contribution in [0.4, 0.5) is 0 Å². The molecule has 3 N–H and O–H groups in total. The lowest BCUT2D eigenvalue weighted by atomic mass is 10.1. The first-order chi connectivity index (χ1) is 7.66. The molecule has 1 aromatic rings. The van der Waals surface area contributed by atoms with Crippen molar-refractivity contribution < 1.29 is 9.53 Å². The summed E-state index contributed by atoms with van der Waals surface area (Å²) in [4.78, 5) is 10.9. The molecule has 1 aliphatic heterocycles. The van der Waals surface area contributed by atoms with E-state index >= 15 is 0 Å². The van der Waals surface area contributed by atoms with Crippen molar-refractivity contribution in [2.45, 2.75) is 12.7 Å². The number of carbonyl (C=O) groups is 1. The van der Waals surface area contributed by atoms with Crippen LogP contribution in [0, 0.1) is 0 Å². The molecule has 0 spiro atoms. The SMILES string of the molecule is NC(=O)c1ccc(COC2CNC2)c(Cl)c1. The van der Waals surface area contributed by atoms with E-state index in [-0.39, 0.29) is 6.10 Å². The Hall–Kier alpha value is -1.10. The highest BCUT2D eigenvalue weighted by Gasteiger charge is 2.17. The number of ether oxygens (including phenoxy) is 1. The fraction of sp³-hybridized carbons (Fsp3) is 0.364. The van der Waals surface area contributed by atoms with Crippen LogP contribution < -0.4 is 11.1 Å². The number of nitrogens with one attached hydrogen (secondary N) is 1. The van der Waals surface area contributed by atoms with Gasteiger partial charge in [0.15, 0.2) is 0 Å². The maximum atomic E-state index is 10.9. The van der Waals surface area contributed by atoms with E-state index in [1.165, 1.54) is 0 Å². The number of hydrogen-bond donors (Lipinski definition) is 2. The van der Waals surface area contributed by atoms with Crippen molar-refractivity contribution in [3.05, 3.63) is 34.3 Å². The minimum atomic E-state index is -0.474. The average molecular weight is 241 g/mol. The molecule has 5 heteroatoms. The molecule has 0 radical (unpaired) electrons. The van der Waals surface area contributed by atoms with Crippen molar-refractivity contribution >= 4 is 17.5 Å². The number of benzene rings is 1. The number of carbonyl (C=O) groups excluding carboxylic acids is 1. The van der Waals surface area contributed by atoms with E-state index in [0.29, 0.717) is 17.2 Å². The average Bonchev–Trinajstić information content (AvgIpc) is 2.17. The molecule has 0 unspecified atom stereocenters. The van der Waals surface area contributed by atoms with Crippen molar-refractivity contribution in [2.24, 2.45) is 5.73 Å². The maximum Gasteiger partial charge on any atom is 0.248 e. The third kappa shape index (κ3) is 2.52. The van der Waals surface area contributed by atoms with Gasteiger partial charge in [0.25, 0.3) is 0 Å². The Labute approximate surface area is 98.7 Å². The van der Waals surface area contributed by atoms with Crippen LogP contribution in [0.5, 0.6) is 0 Å². The molecule has 4 nitrogen and oxygen atoms in total. The lowest BCUT2D eigenvalue weighted by Crippen LogP contribution is -2.48. The molecule has 0 aliphatic carbocycles. The number of hydrogen-bond acceptors (Lipinski definition) is 3. The van der Waals surface area contributed by atoms with Gasteiger partial charge < -0.3 is 15.8 Å². The van der Waals surface area contributed by atoms with Gasteiger partial charge in [-0.15, -0.1) is 0 Å². The van der Waals surface area contributed by atoms with Crippen LogP contribution in [-0.2, 0) is 11.3 Å². The van der Waals surface area contributed by atoms with Crippen LogP contribution >= 0.6 is 11.6 Å². The molecular formula is C11H13ClN2O2. The van der Waals surface area contributed by atoms with Crippen LogP contribution in [0.2, 0.25) is 5.02 Å². The van der Waals surface area contributed by atoms with E-state index in [2.05, 4.69) is 5.32 Å². The predicted octanol–water partition coefficient (Wildman–Crippen LogP) is 0.927. The van der Waals surface area contributed by atoms with E-state index < -0.39 is 5.91 Å². The van der Waals surface area contributed by atoms with Gasteiger partial charge in [0.05, 0.1) is 12.7 Å². The summed E-state index contributed by atoms with van der Waals surface area (Å²) in [5.41, 5.74) is 6.44. The van der Waals surface area contributed by atoms with Crippen LogP contribution in [-0.4, -0.2) is 25.1 Å². The van der Waals surface area contributed by atoms with Gasteiger partial charge in [-0.1, -0.05) is 17.7 Å². The number of amides is 1. The highest BCUT2D eigenvalue weighted by molar-refractivity contribution is 6.31. The molecule has 1 amide bonds. The molecule has 0 bridgehead atoms. The highest BCUT2D eigenvalue weighted by atomic mass is 35.5. The van der Waals surface area contributed by atoms with E-state index in [4.69, 9.17) is 22.1 Å². The van der Waals surface area contributed by atoms with Crippen molar-refractivity contribution in [1.29, 1.82) is 0 Å². The summed E-state index contributed by atoms with van der Waals surface area (Å²) < 4.78 is 5.58. The number of nitrogens with two attached hydrogens (primary N) is 1. The van der Waals surface area contributed by atoms with Gasteiger partial charge in [-0.2, -0.15) is 0 Å². The fourth-order valence-corrected chi connectivity index (χ4v) is 1.64. The number of rotatable bonds is 4. The van der Waals surface area contributed by atoms with Gasteiger partial charge in [0.1, 0.15) is 0 Å². The molecule has 1 aromatic carbocycles. The standard InChI is InChI=1S/C11H13ClN2O2/c12-10-3-7(11(13)15)1-2-8(10)6-16-9-4-14-5-9/h1-3,9,14H,4-6H2,(H2,13,15). The van der Waals surface area contributed by atoms with E-state index in [9.17, 15) is 4.79 Å². The third-order valence-electron chi connectivity index (χ3n) is 2.56. The molecule has 86 valence electrons. The third-order valence-corrected chi connectivity index (χ3v) is 2.91. The van der Waals surface area contributed by atoms with Gasteiger partial charge in [0, 0.05) is 23.7 Å². The Kier molecular flexibility index (Phi) is 3.43. The molecule has 1 aliphatic rings. The van der Waals surface area contributed by atoms with E-state index in [0.717, 1.165) is 18.7 Å². The van der Waals surface area contributed by atoms with Crippen molar-refractivity contribution in [1.82, 2.24) is 5.32 Å². The van der Waals surface area contributed by atoms with Crippen molar-refractivity contribution in [3.63, 3.8) is 0 Å². The van der Waals surface area contributed by atoms with Gasteiger partial charge in [-0.05, 0) is 17.7 Å². The summed E-state index contributed by atoms with van der Waals surface area (Å²) in [6.45, 7) is 2.23. The molecule has 0 aromatic heterocycles. The van der Waals surface area contributed by atoms with Crippen LogP contribution in [0.25, 0.3) is 0 Å². The first kappa shape index (κ1) is 11.4. The minimum absolute atomic E-state index is 0.270. The Morgan fingerprint density at radius 3 is 2.81 bits per heavy atom. The van der Waals surface area contributed by atoms with Crippen LogP contribution in [0.3, 0.4) is 0 Å². The van der Waals surface area contributed by atoms with Gasteiger partial charge in [-0.3, -0.25) is 4.79 Å². The number of halogens is 1. The second-order valence-corrected chi connectivity index (χ2v) is 4.17. The van der Waals surface area contributed by atoms with Crippen molar-refractivity contribution in [3.8, 4) is 0 Å². The topological polar surface area (TPSA) is 64.4 Å². The van der Waals surface area contributed by atoms with E-state index in [1.807, 2.05) is 0 Å². The second-order valence-electron chi connectivity index (χ2n) is 3.76. The quantitative estimate of drug-likeness (QED) is 0.823. The monoisotopic (exact) mass is 240 g/mol. The van der Waals surface area contributed by atoms with Crippen molar-refractivity contribution in [2.75, 3.05) is 13.1 Å². The molecule has 16 heavy (non-hydrogen) atoms. The zero-order valence-corrected chi connectivity index (χ0v) is 9.46. The Morgan fingerprint density at radius 1 is 1.56 bits per heavy atom. The Morgan fingerprint density at radius 2 is 2.31 bits per heavy atom. The molecule has 2 rings (SSSR count). The molecule has 0 atom stereocenters. The lowest BCUT2D eigenvalue weighted by Gasteiger charge is -2.27. The smallest absolute Gasteiger partial charge is 0.248 e. The molecule has 1 fully saturated rings. The summed E-state index contributed by atoms with van der Waals surface area (Å²) in [6.07, 6.45) is 0.270. The second kappa shape index (κ2) is 4.82. The number of primary amides is 1. The summed E-state index contributed by atoms with van der Waals surface area (Å²) in [7, 11) is 0. The Bertz CT molecular complexity index is 405. The van der Waals surface area contributed by atoms with Crippen LogP contribution in [0.15, 0.2) is 18.2 Å². The van der Waals surface area contributed by atoms with Gasteiger partial charge in [0.2, 0.25) is 5.91 Å². The molecule has 0 saturated carbocycles. The fourth-order valence-electron chi connectivity index (χ4n) is 1.41. The highest BCUT2D eigenvalue weighted by Crippen LogP contribution is 2.19. The molecular weight excluding hydrogens is 228 g/mol. The molecule has 1 saturated heterocycles. The normalized spacial score (nSPS) is 15.8. The summed E-state index contributed by atoms with van der Waals surface area (Å²) in [5.74, 6) is -0.474. The molecule has 1 heterocycles. The van der Waals surface area contributed by atoms with E-state index in [1.54, 1.807) is 18.2 Å². The Balaban J connectivity index is 2.00. The predicted molar refractivity (Wildman–Crippen MR) is 61.4 cm³/mol. The zero-order chi connectivity index (χ0) is 11.5. The zero-order valence-electron chi connectivity index (χ0n) is 8.70. The summed E-state index contributed by atoms with van der Waals surface area (Å²) >= 11 is 6.01.